The quantitative estimate of drug-likeness (QED) is 0.819. The zero-order valence-electron chi connectivity index (χ0n) is 10.7. The van der Waals surface area contributed by atoms with Crippen LogP contribution in [-0.2, 0) is 17.8 Å². The number of aryl methyl sites for hydroxylation is 1. The van der Waals surface area contributed by atoms with E-state index in [0.29, 0.717) is 18.1 Å². The highest BCUT2D eigenvalue weighted by Crippen LogP contribution is 2.02. The molecule has 1 atom stereocenters. The van der Waals surface area contributed by atoms with E-state index in [1.165, 1.54) is 0 Å². The minimum Gasteiger partial charge on any atom is -0.346 e. The number of aromatic nitrogens is 2. The molecule has 2 aromatic rings. The first kappa shape index (κ1) is 13.2. The molecule has 0 radical (unpaired) electrons. The lowest BCUT2D eigenvalue weighted by molar-refractivity contribution is -0.122. The molecular weight excluding hydrogens is 244 g/mol. The van der Waals surface area contributed by atoms with Gasteiger partial charge in [0.15, 0.2) is 5.82 Å². The highest BCUT2D eigenvalue weighted by molar-refractivity contribution is 5.81. The van der Waals surface area contributed by atoms with E-state index in [-0.39, 0.29) is 12.5 Å². The maximum atomic E-state index is 11.8. The van der Waals surface area contributed by atoms with Crippen LogP contribution >= 0.6 is 0 Å². The van der Waals surface area contributed by atoms with E-state index in [2.05, 4.69) is 15.5 Å². The molecule has 0 aliphatic rings. The van der Waals surface area contributed by atoms with Gasteiger partial charge < -0.3 is 15.6 Å². The molecule has 1 aromatic carbocycles. The molecule has 0 unspecified atom stereocenters. The van der Waals surface area contributed by atoms with Crippen molar-refractivity contribution in [1.82, 2.24) is 15.5 Å². The molecule has 6 nitrogen and oxygen atoms in total. The van der Waals surface area contributed by atoms with Gasteiger partial charge in [-0.3, -0.25) is 4.79 Å². The van der Waals surface area contributed by atoms with Crippen LogP contribution in [-0.4, -0.2) is 22.1 Å². The van der Waals surface area contributed by atoms with Crippen LogP contribution in [0.5, 0.6) is 0 Å². The van der Waals surface area contributed by atoms with Gasteiger partial charge >= 0.3 is 0 Å². The van der Waals surface area contributed by atoms with E-state index >= 15 is 0 Å². The molecule has 0 fully saturated rings. The predicted molar refractivity (Wildman–Crippen MR) is 69.0 cm³/mol. The van der Waals surface area contributed by atoms with Gasteiger partial charge in [-0.05, 0) is 18.9 Å². The van der Waals surface area contributed by atoms with Crippen molar-refractivity contribution in [3.05, 3.63) is 47.6 Å². The summed E-state index contributed by atoms with van der Waals surface area (Å²) in [7, 11) is 0. The topological polar surface area (TPSA) is 94.0 Å². The summed E-state index contributed by atoms with van der Waals surface area (Å²) < 4.78 is 4.90. The lowest BCUT2D eigenvalue weighted by Crippen LogP contribution is -2.41. The van der Waals surface area contributed by atoms with Crippen molar-refractivity contribution in [1.29, 1.82) is 0 Å². The zero-order valence-corrected chi connectivity index (χ0v) is 10.7. The van der Waals surface area contributed by atoms with Gasteiger partial charge in [0.25, 0.3) is 0 Å². The summed E-state index contributed by atoms with van der Waals surface area (Å²) in [5, 5.41) is 6.31. The molecule has 0 saturated heterocycles. The Morgan fingerprint density at radius 3 is 2.79 bits per heavy atom. The Hall–Kier alpha value is -2.21. The second kappa shape index (κ2) is 6.10. The molecule has 0 bridgehead atoms. The van der Waals surface area contributed by atoms with Crippen molar-refractivity contribution in [2.24, 2.45) is 5.73 Å². The van der Waals surface area contributed by atoms with Gasteiger partial charge in [0.2, 0.25) is 11.8 Å². The Morgan fingerprint density at radius 2 is 2.16 bits per heavy atom. The maximum absolute atomic E-state index is 11.8. The fraction of sp³-hybridized carbons (Fsp3) is 0.308. The number of nitrogens with one attached hydrogen (secondary N) is 1. The summed E-state index contributed by atoms with van der Waals surface area (Å²) in [6.07, 6.45) is 0.496. The number of hydrogen-bond acceptors (Lipinski definition) is 5. The third-order valence-electron chi connectivity index (χ3n) is 2.62. The molecule has 3 N–H and O–H groups in total. The normalized spacial score (nSPS) is 12.1. The summed E-state index contributed by atoms with van der Waals surface area (Å²) in [6.45, 7) is 1.91. The van der Waals surface area contributed by atoms with Crippen LogP contribution in [0.1, 0.15) is 17.3 Å². The number of carbonyl (C=O) groups is 1. The predicted octanol–water partition coefficient (Wildman–Crippen LogP) is 0.564. The molecule has 1 heterocycles. The number of nitrogens with two attached hydrogens (primary N) is 1. The maximum Gasteiger partial charge on any atom is 0.246 e. The van der Waals surface area contributed by atoms with Crippen LogP contribution in [0.3, 0.4) is 0 Å². The highest BCUT2D eigenvalue weighted by Gasteiger charge is 2.14. The number of benzene rings is 1. The summed E-state index contributed by atoms with van der Waals surface area (Å²) in [5.74, 6) is 0.676. The Labute approximate surface area is 111 Å². The van der Waals surface area contributed by atoms with E-state index < -0.39 is 6.04 Å². The molecule has 0 aliphatic carbocycles. The first-order valence-corrected chi connectivity index (χ1v) is 6.01. The first-order valence-electron chi connectivity index (χ1n) is 6.01. The number of nitrogens with zero attached hydrogens (tertiary/aromatic N) is 2. The van der Waals surface area contributed by atoms with E-state index in [0.717, 1.165) is 5.56 Å². The summed E-state index contributed by atoms with van der Waals surface area (Å²) in [4.78, 5) is 15.8. The number of rotatable bonds is 5. The van der Waals surface area contributed by atoms with Crippen LogP contribution in [0.4, 0.5) is 0 Å². The zero-order chi connectivity index (χ0) is 13.7. The van der Waals surface area contributed by atoms with E-state index in [9.17, 15) is 4.79 Å². The van der Waals surface area contributed by atoms with Gasteiger partial charge in [0, 0.05) is 0 Å². The highest BCUT2D eigenvalue weighted by atomic mass is 16.5. The third kappa shape index (κ3) is 3.89. The SMILES string of the molecule is Cc1noc(CNC(=O)[C@@H](N)Cc2ccccc2)n1. The third-order valence-corrected chi connectivity index (χ3v) is 2.62. The fourth-order valence-corrected chi connectivity index (χ4v) is 1.67. The average Bonchev–Trinajstić information content (AvgIpc) is 2.83. The Kier molecular flexibility index (Phi) is 4.25. The Balaban J connectivity index is 1.82. The van der Waals surface area contributed by atoms with Gasteiger partial charge in [-0.2, -0.15) is 4.98 Å². The van der Waals surface area contributed by atoms with E-state index in [1.54, 1.807) is 6.92 Å². The summed E-state index contributed by atoms with van der Waals surface area (Å²) in [5.41, 5.74) is 6.87. The molecule has 1 amide bonds. The number of hydrogen-bond donors (Lipinski definition) is 2. The standard InChI is InChI=1S/C13H16N4O2/c1-9-16-12(19-17-9)8-15-13(18)11(14)7-10-5-3-2-4-6-10/h2-6,11H,7-8,14H2,1H3,(H,15,18)/t11-/m0/s1. The van der Waals surface area contributed by atoms with Gasteiger partial charge in [-0.25, -0.2) is 0 Å². The van der Waals surface area contributed by atoms with Crippen molar-refractivity contribution in [2.45, 2.75) is 25.9 Å². The van der Waals surface area contributed by atoms with E-state index in [1.807, 2.05) is 30.3 Å². The smallest absolute Gasteiger partial charge is 0.246 e. The minimum absolute atomic E-state index is 0.197. The Morgan fingerprint density at radius 1 is 1.42 bits per heavy atom. The molecule has 0 aliphatic heterocycles. The number of carbonyl (C=O) groups excluding carboxylic acids is 1. The van der Waals surface area contributed by atoms with Gasteiger partial charge in [-0.1, -0.05) is 35.5 Å². The van der Waals surface area contributed by atoms with Crippen molar-refractivity contribution in [2.75, 3.05) is 0 Å². The Bertz CT molecular complexity index is 539. The second-order valence-electron chi connectivity index (χ2n) is 4.25. The molecular formula is C13H16N4O2. The molecule has 100 valence electrons. The van der Waals surface area contributed by atoms with Crippen LogP contribution in [0, 0.1) is 6.92 Å². The largest absolute Gasteiger partial charge is 0.346 e. The lowest BCUT2D eigenvalue weighted by atomic mass is 10.1. The molecule has 1 aromatic heterocycles. The molecule has 0 saturated carbocycles. The van der Waals surface area contributed by atoms with Crippen LogP contribution in [0.25, 0.3) is 0 Å². The second-order valence-corrected chi connectivity index (χ2v) is 4.25. The lowest BCUT2D eigenvalue weighted by Gasteiger charge is -2.11. The van der Waals surface area contributed by atoms with Crippen molar-refractivity contribution in [3.63, 3.8) is 0 Å². The summed E-state index contributed by atoms with van der Waals surface area (Å²) in [6, 6.07) is 9.05. The van der Waals surface area contributed by atoms with Crippen molar-refractivity contribution in [3.8, 4) is 0 Å². The van der Waals surface area contributed by atoms with Crippen molar-refractivity contribution >= 4 is 5.91 Å². The van der Waals surface area contributed by atoms with E-state index in [4.69, 9.17) is 10.3 Å². The van der Waals surface area contributed by atoms with Crippen LogP contribution < -0.4 is 11.1 Å². The fourth-order valence-electron chi connectivity index (χ4n) is 1.67. The molecule has 0 spiro atoms. The monoisotopic (exact) mass is 260 g/mol. The first-order chi connectivity index (χ1) is 9.15. The van der Waals surface area contributed by atoms with Gasteiger partial charge in [-0.15, -0.1) is 0 Å². The molecule has 19 heavy (non-hydrogen) atoms. The minimum atomic E-state index is -0.591. The van der Waals surface area contributed by atoms with Crippen molar-refractivity contribution < 1.29 is 9.32 Å². The average molecular weight is 260 g/mol. The van der Waals surface area contributed by atoms with Gasteiger partial charge in [0.05, 0.1) is 12.6 Å². The van der Waals surface area contributed by atoms with Gasteiger partial charge in [0.1, 0.15) is 0 Å². The summed E-state index contributed by atoms with van der Waals surface area (Å²) >= 11 is 0. The number of amides is 1. The van der Waals surface area contributed by atoms with Crippen LogP contribution in [0.2, 0.25) is 0 Å². The molecule has 6 heteroatoms. The molecule has 2 rings (SSSR count). The van der Waals surface area contributed by atoms with Crippen LogP contribution in [0.15, 0.2) is 34.9 Å².